The number of hydrogen-bond acceptors (Lipinski definition) is 4. The van der Waals surface area contributed by atoms with Crippen LogP contribution in [-0.4, -0.2) is 22.8 Å². The van der Waals surface area contributed by atoms with Crippen LogP contribution in [0.2, 0.25) is 0 Å². The van der Waals surface area contributed by atoms with Gasteiger partial charge in [-0.15, -0.1) is 11.3 Å². The van der Waals surface area contributed by atoms with E-state index in [1.54, 1.807) is 7.11 Å². The molecule has 4 rings (SSSR count). The summed E-state index contributed by atoms with van der Waals surface area (Å²) in [6.45, 7) is 7.77. The lowest BCUT2D eigenvalue weighted by Crippen LogP contribution is -2.35. The largest absolute Gasteiger partial charge is 0.497 e. The molecule has 0 N–H and O–H groups in total. The molecular weight excluding hydrogens is 406 g/mol. The molecule has 0 saturated heterocycles. The van der Waals surface area contributed by atoms with E-state index in [-0.39, 0.29) is 11.8 Å². The summed E-state index contributed by atoms with van der Waals surface area (Å²) in [7, 11) is 1.66. The van der Waals surface area contributed by atoms with Gasteiger partial charge in [-0.1, -0.05) is 6.42 Å². The zero-order valence-electron chi connectivity index (χ0n) is 18.9. The Morgan fingerprint density at radius 1 is 1.23 bits per heavy atom. The SMILES string of the molecule is CCn1cc(CN(C(=O)C2CCCCc3c(C)sc(C)c32)c2ccc(OC)cc2)cn1. The maximum atomic E-state index is 14.1. The average molecular weight is 438 g/mol. The van der Waals surface area contributed by atoms with Crippen LogP contribution in [0, 0.1) is 13.8 Å². The molecule has 1 amide bonds. The van der Waals surface area contributed by atoms with Crippen molar-refractivity contribution in [3.63, 3.8) is 0 Å². The van der Waals surface area contributed by atoms with E-state index in [0.717, 1.165) is 49.2 Å². The smallest absolute Gasteiger partial charge is 0.234 e. The number of methoxy groups -OCH3 is 1. The third kappa shape index (κ3) is 4.40. The van der Waals surface area contributed by atoms with Gasteiger partial charge in [-0.05, 0) is 75.4 Å². The van der Waals surface area contributed by atoms with Crippen LogP contribution >= 0.6 is 11.3 Å². The maximum Gasteiger partial charge on any atom is 0.234 e. The Bertz CT molecular complexity index is 1050. The molecule has 0 aliphatic heterocycles. The molecule has 1 aliphatic carbocycles. The number of aromatic nitrogens is 2. The highest BCUT2D eigenvalue weighted by Gasteiger charge is 2.33. The number of aryl methyl sites for hydroxylation is 3. The van der Waals surface area contributed by atoms with Crippen molar-refractivity contribution in [2.45, 2.75) is 65.5 Å². The summed E-state index contributed by atoms with van der Waals surface area (Å²) < 4.78 is 7.23. The Labute approximate surface area is 188 Å². The normalized spacial score (nSPS) is 15.9. The van der Waals surface area contributed by atoms with Crippen molar-refractivity contribution in [3.05, 3.63) is 63.1 Å². The summed E-state index contributed by atoms with van der Waals surface area (Å²) in [6.07, 6.45) is 8.12. The molecule has 2 heterocycles. The second kappa shape index (κ2) is 9.27. The number of benzene rings is 1. The fraction of sp³-hybridized carbons (Fsp3) is 0.440. The van der Waals surface area contributed by atoms with E-state index in [2.05, 4.69) is 25.9 Å². The minimum atomic E-state index is -0.0919. The summed E-state index contributed by atoms with van der Waals surface area (Å²) in [5.41, 5.74) is 4.63. The van der Waals surface area contributed by atoms with Gasteiger partial charge >= 0.3 is 0 Å². The van der Waals surface area contributed by atoms with Crippen molar-refractivity contribution in [1.82, 2.24) is 9.78 Å². The Hall–Kier alpha value is -2.60. The summed E-state index contributed by atoms with van der Waals surface area (Å²) in [5, 5.41) is 4.41. The fourth-order valence-electron chi connectivity index (χ4n) is 4.65. The molecule has 0 radical (unpaired) electrons. The molecule has 0 saturated carbocycles. The Morgan fingerprint density at radius 2 is 2.00 bits per heavy atom. The predicted octanol–water partition coefficient (Wildman–Crippen LogP) is 5.63. The minimum Gasteiger partial charge on any atom is -0.497 e. The van der Waals surface area contributed by atoms with Crippen LogP contribution in [0.15, 0.2) is 36.7 Å². The van der Waals surface area contributed by atoms with E-state index in [4.69, 9.17) is 4.74 Å². The molecule has 1 atom stereocenters. The molecule has 31 heavy (non-hydrogen) atoms. The van der Waals surface area contributed by atoms with Crippen molar-refractivity contribution >= 4 is 22.9 Å². The fourth-order valence-corrected chi connectivity index (χ4v) is 5.82. The van der Waals surface area contributed by atoms with E-state index in [9.17, 15) is 4.79 Å². The monoisotopic (exact) mass is 437 g/mol. The van der Waals surface area contributed by atoms with Crippen molar-refractivity contribution < 1.29 is 9.53 Å². The number of nitrogens with zero attached hydrogens (tertiary/aromatic N) is 3. The maximum absolute atomic E-state index is 14.1. The number of amides is 1. The lowest BCUT2D eigenvalue weighted by atomic mass is 9.91. The standard InChI is InChI=1S/C25H31N3O2S/c1-5-27-15-19(14-26-27)16-28(20-10-12-21(30-4)13-11-20)25(29)23-9-7-6-8-22-17(2)31-18(3)24(22)23/h10-15,23H,5-9,16H2,1-4H3. The van der Waals surface area contributed by atoms with Crippen LogP contribution in [0.1, 0.15) is 58.5 Å². The van der Waals surface area contributed by atoms with Crippen LogP contribution in [0.4, 0.5) is 5.69 Å². The van der Waals surface area contributed by atoms with E-state index < -0.39 is 0 Å². The zero-order chi connectivity index (χ0) is 22.0. The van der Waals surface area contributed by atoms with Gasteiger partial charge in [0.1, 0.15) is 5.75 Å². The first kappa shape index (κ1) is 21.6. The number of anilines is 1. The van der Waals surface area contributed by atoms with Gasteiger partial charge in [0.25, 0.3) is 0 Å². The highest BCUT2D eigenvalue weighted by Crippen LogP contribution is 2.41. The van der Waals surface area contributed by atoms with Gasteiger partial charge in [0.15, 0.2) is 0 Å². The number of thiophene rings is 1. The molecule has 0 bridgehead atoms. The Morgan fingerprint density at radius 3 is 2.68 bits per heavy atom. The third-order valence-corrected chi connectivity index (χ3v) is 7.33. The Balaban J connectivity index is 1.72. The first-order valence-electron chi connectivity index (χ1n) is 11.1. The molecule has 0 fully saturated rings. The van der Waals surface area contributed by atoms with Crippen LogP contribution < -0.4 is 9.64 Å². The van der Waals surface area contributed by atoms with Crippen molar-refractivity contribution in [2.75, 3.05) is 12.0 Å². The van der Waals surface area contributed by atoms with Crippen LogP contribution in [0.5, 0.6) is 5.75 Å². The Kier molecular flexibility index (Phi) is 6.46. The van der Waals surface area contributed by atoms with Gasteiger partial charge in [0, 0.05) is 33.7 Å². The first-order chi connectivity index (χ1) is 15.0. The molecule has 2 aromatic heterocycles. The highest BCUT2D eigenvalue weighted by atomic mass is 32.1. The molecule has 164 valence electrons. The topological polar surface area (TPSA) is 47.4 Å². The van der Waals surface area contributed by atoms with E-state index in [1.807, 2.05) is 57.6 Å². The number of carbonyl (C=O) groups excluding carboxylic acids is 1. The van der Waals surface area contributed by atoms with Crippen LogP contribution in [0.25, 0.3) is 0 Å². The number of hydrogen-bond donors (Lipinski definition) is 0. The van der Waals surface area contributed by atoms with Crippen LogP contribution in [-0.2, 0) is 24.3 Å². The molecule has 3 aromatic rings. The quantitative estimate of drug-likeness (QED) is 0.469. The second-order valence-electron chi connectivity index (χ2n) is 8.23. The number of carbonyl (C=O) groups is 1. The van der Waals surface area contributed by atoms with E-state index in [1.165, 1.54) is 20.9 Å². The van der Waals surface area contributed by atoms with Crippen LogP contribution in [0.3, 0.4) is 0 Å². The highest BCUT2D eigenvalue weighted by molar-refractivity contribution is 7.12. The zero-order valence-corrected chi connectivity index (χ0v) is 19.7. The number of ether oxygens (including phenoxy) is 1. The van der Waals surface area contributed by atoms with Crippen molar-refractivity contribution in [2.24, 2.45) is 0 Å². The van der Waals surface area contributed by atoms with Gasteiger partial charge < -0.3 is 9.64 Å². The lowest BCUT2D eigenvalue weighted by molar-refractivity contribution is -0.120. The predicted molar refractivity (Wildman–Crippen MR) is 126 cm³/mol. The van der Waals surface area contributed by atoms with Gasteiger partial charge in [0.2, 0.25) is 5.91 Å². The third-order valence-electron chi connectivity index (χ3n) is 6.25. The molecule has 1 unspecified atom stereocenters. The van der Waals surface area contributed by atoms with Gasteiger partial charge in [-0.2, -0.15) is 5.10 Å². The van der Waals surface area contributed by atoms with Crippen molar-refractivity contribution in [1.29, 1.82) is 0 Å². The summed E-state index contributed by atoms with van der Waals surface area (Å²) >= 11 is 1.84. The lowest BCUT2D eigenvalue weighted by Gasteiger charge is -2.28. The number of fused-ring (bicyclic) bond motifs is 1. The average Bonchev–Trinajstić information content (AvgIpc) is 3.26. The van der Waals surface area contributed by atoms with Crippen molar-refractivity contribution in [3.8, 4) is 5.75 Å². The second-order valence-corrected chi connectivity index (χ2v) is 9.66. The number of rotatable bonds is 6. The summed E-state index contributed by atoms with van der Waals surface area (Å²) in [6, 6.07) is 7.79. The molecule has 1 aromatic carbocycles. The first-order valence-corrected chi connectivity index (χ1v) is 11.9. The summed E-state index contributed by atoms with van der Waals surface area (Å²) in [5.74, 6) is 0.875. The van der Waals surface area contributed by atoms with Gasteiger partial charge in [-0.25, -0.2) is 0 Å². The molecule has 0 spiro atoms. The van der Waals surface area contributed by atoms with Gasteiger partial charge in [0.05, 0.1) is 25.8 Å². The minimum absolute atomic E-state index is 0.0919. The molecule has 5 nitrogen and oxygen atoms in total. The molecular formula is C25H31N3O2S. The molecule has 6 heteroatoms. The molecule has 1 aliphatic rings. The van der Waals surface area contributed by atoms with Gasteiger partial charge in [-0.3, -0.25) is 9.48 Å². The van der Waals surface area contributed by atoms with E-state index in [0.29, 0.717) is 6.54 Å². The van der Waals surface area contributed by atoms with E-state index >= 15 is 0 Å². The summed E-state index contributed by atoms with van der Waals surface area (Å²) in [4.78, 5) is 18.7.